The molecule has 0 fully saturated rings. The average molecular weight is 463 g/mol. The van der Waals surface area contributed by atoms with Crippen molar-refractivity contribution in [2.45, 2.75) is 47.3 Å². The third kappa shape index (κ3) is 6.60. The summed E-state index contributed by atoms with van der Waals surface area (Å²) >= 11 is 0. The Labute approximate surface area is 202 Å². The van der Waals surface area contributed by atoms with E-state index >= 15 is 0 Å². The topological polar surface area (TPSA) is 89.4 Å². The van der Waals surface area contributed by atoms with Crippen LogP contribution in [0, 0.1) is 11.8 Å². The summed E-state index contributed by atoms with van der Waals surface area (Å²) in [5, 5.41) is 6.79. The molecule has 0 saturated heterocycles. The Morgan fingerprint density at radius 1 is 0.971 bits per heavy atom. The summed E-state index contributed by atoms with van der Waals surface area (Å²) < 4.78 is 3.40. The highest BCUT2D eigenvalue weighted by Crippen LogP contribution is 2.16. The summed E-state index contributed by atoms with van der Waals surface area (Å²) in [5.74, 6) is 1.88. The highest BCUT2D eigenvalue weighted by atomic mass is 16.1. The van der Waals surface area contributed by atoms with Gasteiger partial charge in [0, 0.05) is 25.8 Å². The molecule has 4 N–H and O–H groups in total. The van der Waals surface area contributed by atoms with Crippen molar-refractivity contribution in [1.29, 1.82) is 0 Å². The van der Waals surface area contributed by atoms with Gasteiger partial charge in [-0.1, -0.05) is 70.2 Å². The second-order valence-electron chi connectivity index (χ2n) is 9.56. The second kappa shape index (κ2) is 11.7. The first-order valence-corrected chi connectivity index (χ1v) is 12.0. The first-order chi connectivity index (χ1) is 16.3. The molecule has 0 saturated carbocycles. The zero-order valence-electron chi connectivity index (χ0n) is 21.0. The maximum absolute atomic E-state index is 13.2. The van der Waals surface area contributed by atoms with E-state index in [0.717, 1.165) is 24.3 Å². The number of aromatic nitrogens is 2. The summed E-state index contributed by atoms with van der Waals surface area (Å²) in [6.45, 7) is 11.5. The van der Waals surface area contributed by atoms with E-state index in [0.29, 0.717) is 42.1 Å². The zero-order valence-corrected chi connectivity index (χ0v) is 21.0. The van der Waals surface area contributed by atoms with Crippen LogP contribution in [0.4, 0.5) is 11.5 Å². The number of hydrogen-bond donors (Lipinski definition) is 3. The quantitative estimate of drug-likeness (QED) is 0.311. The Hall–Kier alpha value is -3.32. The van der Waals surface area contributed by atoms with E-state index < -0.39 is 0 Å². The van der Waals surface area contributed by atoms with Crippen LogP contribution in [-0.4, -0.2) is 21.7 Å². The van der Waals surface area contributed by atoms with E-state index in [1.165, 1.54) is 5.56 Å². The van der Waals surface area contributed by atoms with Gasteiger partial charge in [-0.05, 0) is 41.6 Å². The van der Waals surface area contributed by atoms with Crippen LogP contribution < -0.4 is 21.9 Å². The fourth-order valence-corrected chi connectivity index (χ4v) is 3.74. The van der Waals surface area contributed by atoms with Crippen molar-refractivity contribution in [3.63, 3.8) is 0 Å². The molecule has 0 aliphatic rings. The number of nitrogens with one attached hydrogen (secondary N) is 2. The minimum Gasteiger partial charge on any atom is -0.383 e. The van der Waals surface area contributed by atoms with Gasteiger partial charge in [0.1, 0.15) is 17.2 Å². The fraction of sp³-hybridized carbons (Fsp3) is 0.407. The van der Waals surface area contributed by atoms with E-state index in [2.05, 4.69) is 62.6 Å². The molecule has 1 aromatic heterocycles. The number of nitrogens with zero attached hydrogens (tertiary/aromatic N) is 3. The highest BCUT2D eigenvalue weighted by molar-refractivity contribution is 6.10. The number of para-hydroxylation sites is 1. The van der Waals surface area contributed by atoms with Gasteiger partial charge in [0.2, 0.25) is 0 Å². The SMILES string of the molecule is CC(C)CNCc1ccc(CN=C(Nc2ccccc2)c2c(N)n(CC(C)C)n(C)c2=O)cc1. The molecule has 3 rings (SSSR count). The van der Waals surface area contributed by atoms with Gasteiger partial charge >= 0.3 is 0 Å². The van der Waals surface area contributed by atoms with Crippen molar-refractivity contribution in [2.75, 3.05) is 17.6 Å². The normalized spacial score (nSPS) is 12.0. The third-order valence-electron chi connectivity index (χ3n) is 5.54. The fourth-order valence-electron chi connectivity index (χ4n) is 3.74. The van der Waals surface area contributed by atoms with E-state index in [-0.39, 0.29) is 5.56 Å². The van der Waals surface area contributed by atoms with E-state index in [1.807, 2.05) is 35.0 Å². The van der Waals surface area contributed by atoms with Gasteiger partial charge < -0.3 is 16.4 Å². The van der Waals surface area contributed by atoms with Crippen LogP contribution in [0.25, 0.3) is 0 Å². The van der Waals surface area contributed by atoms with Crippen LogP contribution in [0.2, 0.25) is 0 Å². The van der Waals surface area contributed by atoms with E-state index in [1.54, 1.807) is 11.7 Å². The van der Waals surface area contributed by atoms with Crippen molar-refractivity contribution < 1.29 is 0 Å². The summed E-state index contributed by atoms with van der Waals surface area (Å²) in [6, 6.07) is 18.1. The largest absolute Gasteiger partial charge is 0.383 e. The number of nitrogen functional groups attached to an aromatic ring is 1. The molecule has 0 aliphatic carbocycles. The van der Waals surface area contributed by atoms with Gasteiger partial charge in [-0.2, -0.15) is 0 Å². The molecule has 34 heavy (non-hydrogen) atoms. The molecule has 0 atom stereocenters. The molecule has 0 bridgehead atoms. The standard InChI is InChI=1S/C27H38N6O/c1-19(2)15-29-16-21-11-13-22(14-12-21)17-30-26(31-23-9-7-6-8-10-23)24-25(28)33(18-20(3)4)32(5)27(24)34/h6-14,19-20,29H,15-18,28H2,1-5H3,(H,30,31). The van der Waals surface area contributed by atoms with Crippen LogP contribution >= 0.6 is 0 Å². The van der Waals surface area contributed by atoms with Crippen molar-refractivity contribution >= 4 is 17.3 Å². The van der Waals surface area contributed by atoms with Crippen molar-refractivity contribution in [3.05, 3.63) is 81.6 Å². The summed E-state index contributed by atoms with van der Waals surface area (Å²) in [6.07, 6.45) is 0. The molecular formula is C27H38N6O. The van der Waals surface area contributed by atoms with Crippen molar-refractivity contribution in [3.8, 4) is 0 Å². The molecule has 7 nitrogen and oxygen atoms in total. The van der Waals surface area contributed by atoms with Crippen LogP contribution in [-0.2, 0) is 26.7 Å². The number of aliphatic imine (C=N–C) groups is 1. The van der Waals surface area contributed by atoms with Gasteiger partial charge in [0.05, 0.1) is 6.54 Å². The Bertz CT molecular complexity index is 1140. The Morgan fingerprint density at radius 3 is 2.24 bits per heavy atom. The summed E-state index contributed by atoms with van der Waals surface area (Å²) in [5.41, 5.74) is 9.88. The maximum Gasteiger partial charge on any atom is 0.279 e. The van der Waals surface area contributed by atoms with Gasteiger partial charge in [-0.25, -0.2) is 0 Å². The smallest absolute Gasteiger partial charge is 0.279 e. The third-order valence-corrected chi connectivity index (χ3v) is 5.54. The van der Waals surface area contributed by atoms with Crippen LogP contribution in [0.5, 0.6) is 0 Å². The summed E-state index contributed by atoms with van der Waals surface area (Å²) in [7, 11) is 1.75. The second-order valence-corrected chi connectivity index (χ2v) is 9.56. The van der Waals surface area contributed by atoms with E-state index in [4.69, 9.17) is 10.7 Å². The summed E-state index contributed by atoms with van der Waals surface area (Å²) in [4.78, 5) is 18.0. The number of anilines is 2. The number of benzene rings is 2. The monoisotopic (exact) mass is 462 g/mol. The molecule has 2 aromatic carbocycles. The lowest BCUT2D eigenvalue weighted by Crippen LogP contribution is -2.26. The average Bonchev–Trinajstić information content (AvgIpc) is 3.01. The molecule has 0 aliphatic heterocycles. The number of hydrogen-bond acceptors (Lipinski definition) is 4. The lowest BCUT2D eigenvalue weighted by atomic mass is 10.1. The van der Waals surface area contributed by atoms with Crippen LogP contribution in [0.1, 0.15) is 44.4 Å². The van der Waals surface area contributed by atoms with Crippen molar-refractivity contribution in [2.24, 2.45) is 23.9 Å². The number of amidine groups is 1. The minimum atomic E-state index is -0.160. The number of nitrogens with two attached hydrogens (primary N) is 1. The Kier molecular flexibility index (Phi) is 8.71. The Balaban J connectivity index is 1.88. The first-order valence-electron chi connectivity index (χ1n) is 12.0. The van der Waals surface area contributed by atoms with Crippen LogP contribution in [0.3, 0.4) is 0 Å². The van der Waals surface area contributed by atoms with Crippen molar-refractivity contribution in [1.82, 2.24) is 14.7 Å². The molecular weight excluding hydrogens is 424 g/mol. The van der Waals surface area contributed by atoms with Gasteiger partial charge in [-0.3, -0.25) is 19.2 Å². The molecule has 3 aromatic rings. The molecule has 1 heterocycles. The molecule has 0 spiro atoms. The van der Waals surface area contributed by atoms with Gasteiger partial charge in [0.25, 0.3) is 5.56 Å². The highest BCUT2D eigenvalue weighted by Gasteiger charge is 2.21. The number of rotatable bonds is 10. The molecule has 182 valence electrons. The molecule has 0 unspecified atom stereocenters. The molecule has 7 heteroatoms. The van der Waals surface area contributed by atoms with E-state index in [9.17, 15) is 4.79 Å². The Morgan fingerprint density at radius 2 is 1.62 bits per heavy atom. The lowest BCUT2D eigenvalue weighted by Gasteiger charge is -2.13. The molecule has 0 radical (unpaired) electrons. The predicted molar refractivity (Wildman–Crippen MR) is 142 cm³/mol. The lowest BCUT2D eigenvalue weighted by molar-refractivity contribution is 0.428. The van der Waals surface area contributed by atoms with Gasteiger partial charge in [-0.15, -0.1) is 0 Å². The minimum absolute atomic E-state index is 0.160. The van der Waals surface area contributed by atoms with Gasteiger partial charge in [0.15, 0.2) is 0 Å². The van der Waals surface area contributed by atoms with Crippen LogP contribution in [0.15, 0.2) is 64.4 Å². The molecule has 0 amide bonds. The maximum atomic E-state index is 13.2. The zero-order chi connectivity index (χ0) is 24.7. The predicted octanol–water partition coefficient (Wildman–Crippen LogP) is 4.23. The first kappa shape index (κ1) is 25.3.